The van der Waals surface area contributed by atoms with E-state index in [0.717, 1.165) is 26.2 Å². The Morgan fingerprint density at radius 3 is 1.62 bits per heavy atom. The third-order valence-electron chi connectivity index (χ3n) is 11.0. The summed E-state index contributed by atoms with van der Waals surface area (Å²) in [5.41, 5.74) is 31.8. The van der Waals surface area contributed by atoms with E-state index < -0.39 is 115 Å². The van der Waals surface area contributed by atoms with Crippen LogP contribution in [0.3, 0.4) is 0 Å². The zero-order valence-corrected chi connectivity index (χ0v) is 41.9. The molecule has 0 spiro atoms. The minimum absolute atomic E-state index is 0.0192. The second kappa shape index (κ2) is 34.8. The average molecular weight is 1030 g/mol. The van der Waals surface area contributed by atoms with Crippen LogP contribution in [-0.2, 0) is 43.2 Å². The number of guanidine groups is 2. The van der Waals surface area contributed by atoms with Crippen LogP contribution in [0.5, 0.6) is 0 Å². The van der Waals surface area contributed by atoms with Gasteiger partial charge in [-0.1, -0.05) is 33.6 Å². The number of amides is 7. The van der Waals surface area contributed by atoms with E-state index in [-0.39, 0.29) is 62.5 Å². The first-order valence-electron chi connectivity index (χ1n) is 23.8. The van der Waals surface area contributed by atoms with Crippen molar-refractivity contribution < 1.29 is 68.7 Å². The predicted octanol–water partition coefficient (Wildman–Crippen LogP) is -6.18. The molecule has 29 nitrogen and oxygen atoms in total. The summed E-state index contributed by atoms with van der Waals surface area (Å²) in [6.07, 6.45) is 1.79. The number of hydrogen-bond donors (Lipinski definition) is 17. The molecule has 7 amide bonds. The van der Waals surface area contributed by atoms with E-state index in [4.69, 9.17) is 39.5 Å². The molecule has 10 atom stereocenters. The van der Waals surface area contributed by atoms with Crippen LogP contribution in [-0.4, -0.2) is 189 Å². The van der Waals surface area contributed by atoms with Gasteiger partial charge in [-0.3, -0.25) is 43.5 Å². The number of carboxylic acid groups (broad SMARTS) is 2. The van der Waals surface area contributed by atoms with Gasteiger partial charge in [0.25, 0.3) is 0 Å². The number of nitrogens with one attached hydrogen (secondary N) is 6. The molecule has 0 aliphatic carbocycles. The number of rotatable bonds is 33. The fourth-order valence-corrected chi connectivity index (χ4v) is 6.96. The molecule has 1 rings (SSSR count). The molecule has 0 radical (unpaired) electrons. The lowest BCUT2D eigenvalue weighted by Crippen LogP contribution is -2.61. The van der Waals surface area contributed by atoms with Crippen LogP contribution < -0.4 is 66.3 Å². The van der Waals surface area contributed by atoms with Gasteiger partial charge in [-0.25, -0.2) is 9.59 Å². The van der Waals surface area contributed by atoms with Gasteiger partial charge in [0.05, 0.1) is 24.9 Å². The summed E-state index contributed by atoms with van der Waals surface area (Å²) >= 11 is 0. The molecule has 9 unspecified atom stereocenters. The summed E-state index contributed by atoms with van der Waals surface area (Å²) in [4.78, 5) is 120. The Morgan fingerprint density at radius 2 is 1.15 bits per heavy atom. The third kappa shape index (κ3) is 25.6. The van der Waals surface area contributed by atoms with Gasteiger partial charge in [-0.15, -0.1) is 0 Å². The van der Waals surface area contributed by atoms with Crippen LogP contribution >= 0.6 is 0 Å². The van der Waals surface area contributed by atoms with Gasteiger partial charge >= 0.3 is 11.9 Å². The second-order valence-corrected chi connectivity index (χ2v) is 17.6. The van der Waals surface area contributed by atoms with E-state index in [1.165, 1.54) is 11.8 Å². The minimum atomic E-state index is -1.63. The van der Waals surface area contributed by atoms with Crippen LogP contribution in [0.2, 0.25) is 0 Å². The zero-order valence-electron chi connectivity index (χ0n) is 41.9. The lowest BCUT2D eigenvalue weighted by molar-refractivity contribution is -0.145. The van der Waals surface area contributed by atoms with Crippen LogP contribution in [0.25, 0.3) is 0 Å². The van der Waals surface area contributed by atoms with Gasteiger partial charge in [0.1, 0.15) is 42.3 Å². The van der Waals surface area contributed by atoms with E-state index in [1.807, 2.05) is 19.2 Å². The fourth-order valence-electron chi connectivity index (χ4n) is 6.96. The zero-order chi connectivity index (χ0) is 55.2. The molecule has 1 heterocycles. The highest BCUT2D eigenvalue weighted by Crippen LogP contribution is 2.21. The Morgan fingerprint density at radius 1 is 0.639 bits per heavy atom. The van der Waals surface area contributed by atoms with Crippen LogP contribution in [0.1, 0.15) is 105 Å². The normalized spacial score (nSPS) is 16.8. The summed E-state index contributed by atoms with van der Waals surface area (Å²) < 4.78 is 0. The largest absolute Gasteiger partial charge is 0.480 e. The number of aliphatic hydroxyl groups excluding tert-OH is 3. The van der Waals surface area contributed by atoms with Gasteiger partial charge in [0.2, 0.25) is 41.4 Å². The van der Waals surface area contributed by atoms with E-state index in [0.29, 0.717) is 38.8 Å². The number of nitrogens with two attached hydrogens (primary N) is 6. The number of aliphatic carboxylic acids is 2. The predicted molar refractivity (Wildman–Crippen MR) is 262 cm³/mol. The maximum Gasteiger partial charge on any atom is 0.326 e. The summed E-state index contributed by atoms with van der Waals surface area (Å²) in [5.74, 6) is -8.00. The first-order chi connectivity index (χ1) is 33.7. The number of hydrogen-bond acceptors (Lipinski definition) is 16. The van der Waals surface area contributed by atoms with E-state index in [2.05, 4.69) is 43.5 Å². The summed E-state index contributed by atoms with van der Waals surface area (Å²) in [5, 5.41) is 62.2. The number of nitrogens with zero attached hydrogens (tertiary/aromatic N) is 3. The number of aliphatic hydroxyl groups is 3. The van der Waals surface area contributed by atoms with Crippen molar-refractivity contribution in [1.82, 2.24) is 36.8 Å². The Hall–Kier alpha value is -6.43. The van der Waals surface area contributed by atoms with Gasteiger partial charge in [0.15, 0.2) is 11.9 Å². The molecule has 0 aromatic rings. The number of primary amides is 1. The maximum atomic E-state index is 13.8. The van der Waals surface area contributed by atoms with Crippen molar-refractivity contribution in [3.05, 3.63) is 0 Å². The summed E-state index contributed by atoms with van der Waals surface area (Å²) in [6, 6.07) is -9.54. The van der Waals surface area contributed by atoms with Crippen molar-refractivity contribution >= 4 is 65.2 Å². The molecule has 412 valence electrons. The number of carbonyl (C=O) groups is 9. The second-order valence-electron chi connectivity index (χ2n) is 17.6. The molecule has 1 aliphatic rings. The van der Waals surface area contributed by atoms with E-state index >= 15 is 0 Å². The van der Waals surface area contributed by atoms with E-state index in [9.17, 15) is 63.6 Å². The standard InChI is InChI=1S/C27H52N10O5.C16H29N5O9/c1-4-5-6-13-32-21(17(2)3)23(39)35-18(10-7-14-33-26(28)29)24(40)37-16-9-12-20(37)22(38)36-19(25(41)42)11-8-15-34-27(30)31;1-6(23)11(18)14(27)21-12(7(2)24)15(28)20-9(5-22)13(26)19-8(16(29)30)3-4-10(17)25/h17-21,32H,4-16H2,1-3H3,(H,35,39)(H,36,38)(H,41,42)(H4,28,29,33)(H4,30,31,34);6-9,11-12,22-24H,3-5,18H2,1-2H3,(H2,17,25)(H,19,26)(H,20,28)(H,21,27)(H,29,30)/t18?,19?,20-,21?;/m0./s1. The van der Waals surface area contributed by atoms with Crippen molar-refractivity contribution in [2.24, 2.45) is 50.3 Å². The lowest BCUT2D eigenvalue weighted by atomic mass is 10.0. The van der Waals surface area contributed by atoms with Gasteiger partial charge in [-0.2, -0.15) is 0 Å². The molecular formula is C43H81N15O14. The Labute approximate surface area is 418 Å². The van der Waals surface area contributed by atoms with Crippen molar-refractivity contribution in [3.8, 4) is 0 Å². The first kappa shape index (κ1) is 65.6. The lowest BCUT2D eigenvalue weighted by Gasteiger charge is -2.31. The molecule has 23 N–H and O–H groups in total. The summed E-state index contributed by atoms with van der Waals surface area (Å²) in [7, 11) is 0. The van der Waals surface area contributed by atoms with Crippen LogP contribution in [0.4, 0.5) is 0 Å². The topological polar surface area (TPSA) is 511 Å². The highest BCUT2D eigenvalue weighted by molar-refractivity contribution is 5.96. The molecule has 0 aromatic carbocycles. The first-order valence-corrected chi connectivity index (χ1v) is 23.8. The highest BCUT2D eigenvalue weighted by atomic mass is 16.4. The maximum absolute atomic E-state index is 13.8. The molecule has 0 aromatic heterocycles. The number of aliphatic imine (C=N–C) groups is 2. The van der Waals surface area contributed by atoms with Crippen LogP contribution in [0.15, 0.2) is 9.98 Å². The minimum Gasteiger partial charge on any atom is -0.480 e. The molecule has 0 bridgehead atoms. The van der Waals surface area contributed by atoms with Crippen molar-refractivity contribution in [2.75, 3.05) is 32.8 Å². The molecule has 29 heteroatoms. The quantitative estimate of drug-likeness (QED) is 0.0165. The smallest absolute Gasteiger partial charge is 0.326 e. The highest BCUT2D eigenvalue weighted by Gasteiger charge is 2.40. The molecular weight excluding hydrogens is 951 g/mol. The molecule has 1 aliphatic heterocycles. The van der Waals surface area contributed by atoms with E-state index in [1.54, 1.807) is 0 Å². The molecule has 0 saturated carbocycles. The monoisotopic (exact) mass is 1030 g/mol. The van der Waals surface area contributed by atoms with Crippen LogP contribution in [0, 0.1) is 5.92 Å². The Kier molecular flexibility index (Phi) is 31.7. The summed E-state index contributed by atoms with van der Waals surface area (Å²) in [6.45, 7) is 8.92. The van der Waals surface area contributed by atoms with Crippen molar-refractivity contribution in [1.29, 1.82) is 0 Å². The SMILES string of the molecule is CC(O)C(N)C(=O)NC(C(=O)NC(CO)C(=O)NC(CCC(N)=O)C(=O)O)C(C)O.CCCCCNC(C(=O)NC(CCCN=C(N)N)C(=O)N1CCC[C@H]1C(=O)NC(CCCN=C(N)N)C(=O)O)C(C)C. The average Bonchev–Trinajstić information content (AvgIpc) is 3.80. The molecule has 72 heavy (non-hydrogen) atoms. The number of unbranched alkanes of at least 4 members (excludes halogenated alkanes) is 2. The number of likely N-dealkylation sites (tertiary alicyclic amines) is 1. The van der Waals surface area contributed by atoms with Gasteiger partial charge in [-0.05, 0) is 77.7 Å². The number of carboxylic acids is 2. The van der Waals surface area contributed by atoms with Crippen molar-refractivity contribution in [3.63, 3.8) is 0 Å². The Balaban J connectivity index is 0.00000148. The fraction of sp³-hybridized carbons (Fsp3) is 0.744. The molecule has 1 saturated heterocycles. The Bertz CT molecular complexity index is 1830. The number of carbonyl (C=O) groups excluding carboxylic acids is 7. The molecule has 1 fully saturated rings. The van der Waals surface area contributed by atoms with Crippen molar-refractivity contribution in [2.45, 2.75) is 166 Å². The third-order valence-corrected chi connectivity index (χ3v) is 11.0. The van der Waals surface area contributed by atoms with Gasteiger partial charge < -0.3 is 96.7 Å². The van der Waals surface area contributed by atoms with Gasteiger partial charge in [0, 0.05) is 26.1 Å².